The summed E-state index contributed by atoms with van der Waals surface area (Å²) in [5.74, 6) is 0. The smallest absolute Gasteiger partial charge is 0.258 e. The number of aromatic nitrogens is 1. The summed E-state index contributed by atoms with van der Waals surface area (Å²) in [6.07, 6.45) is 1.84. The highest BCUT2D eigenvalue weighted by Crippen LogP contribution is 2.37. The fraction of sp³-hybridized carbons (Fsp3) is 0.286. The molecule has 0 spiro atoms. The number of non-ortho nitro benzene ring substituents is 1. The molecule has 0 unspecified atom stereocenters. The van der Waals surface area contributed by atoms with E-state index in [4.69, 9.17) is 5.26 Å². The average molecular weight is 319 g/mol. The Kier molecular flexibility index (Phi) is 4.30. The van der Waals surface area contributed by atoms with Crippen molar-refractivity contribution in [3.63, 3.8) is 0 Å². The minimum Gasteiger partial charge on any atom is -0.258 e. The molecule has 1 aromatic carbocycles. The second-order valence-electron chi connectivity index (χ2n) is 5.39. The van der Waals surface area contributed by atoms with E-state index < -0.39 is 4.92 Å². The molecule has 0 N–H and O–H groups in total. The fourth-order valence-corrected chi connectivity index (χ4v) is 3.61. The number of rotatable bonds is 3. The van der Waals surface area contributed by atoms with Crippen LogP contribution in [0.1, 0.15) is 31.2 Å². The molecule has 1 aromatic heterocycles. The van der Waals surface area contributed by atoms with Crippen LogP contribution in [-0.4, -0.2) is 9.91 Å². The Labute approximate surface area is 130 Å². The fourth-order valence-electron chi connectivity index (χ4n) is 1.55. The molecule has 0 saturated carbocycles. The van der Waals surface area contributed by atoms with Crippen molar-refractivity contribution in [2.24, 2.45) is 0 Å². The molecule has 7 heteroatoms. The molecule has 0 bridgehead atoms. The van der Waals surface area contributed by atoms with Crippen LogP contribution in [0.3, 0.4) is 0 Å². The zero-order valence-corrected chi connectivity index (χ0v) is 13.4. The maximum absolute atomic E-state index is 10.7. The van der Waals surface area contributed by atoms with Crippen molar-refractivity contribution in [1.29, 1.82) is 5.26 Å². The van der Waals surface area contributed by atoms with Crippen LogP contribution in [0.5, 0.6) is 0 Å². The number of hydrogen-bond donors (Lipinski definition) is 0. The molecule has 0 aliphatic rings. The summed E-state index contributed by atoms with van der Waals surface area (Å²) < 4.78 is 0.824. The maximum Gasteiger partial charge on any atom is 0.270 e. The number of nitro benzene ring substituents is 1. The van der Waals surface area contributed by atoms with Gasteiger partial charge in [-0.1, -0.05) is 32.5 Å². The van der Waals surface area contributed by atoms with Gasteiger partial charge in [-0.3, -0.25) is 10.1 Å². The first-order valence-electron chi connectivity index (χ1n) is 6.14. The monoisotopic (exact) mass is 319 g/mol. The van der Waals surface area contributed by atoms with E-state index in [-0.39, 0.29) is 11.1 Å². The van der Waals surface area contributed by atoms with Crippen LogP contribution in [0.15, 0.2) is 33.6 Å². The summed E-state index contributed by atoms with van der Waals surface area (Å²) in [6.45, 7) is 6.34. The van der Waals surface area contributed by atoms with Crippen LogP contribution >= 0.6 is 23.1 Å². The van der Waals surface area contributed by atoms with Gasteiger partial charge in [0, 0.05) is 28.1 Å². The number of hydrogen-bond acceptors (Lipinski definition) is 6. The molecule has 108 valence electrons. The number of thiazole rings is 1. The van der Waals surface area contributed by atoms with Crippen LogP contribution in [0.2, 0.25) is 0 Å². The van der Waals surface area contributed by atoms with Crippen LogP contribution in [0, 0.1) is 21.4 Å². The van der Waals surface area contributed by atoms with Gasteiger partial charge in [-0.15, -0.1) is 11.3 Å². The normalized spacial score (nSPS) is 11.1. The molecule has 5 nitrogen and oxygen atoms in total. The summed E-state index contributed by atoms with van der Waals surface area (Å²) in [5, 5.41) is 19.9. The standard InChI is InChI=1S/C14H13N3O2S2/c1-14(2,3)12-8-16-13(21-12)20-11-5-4-10(17(18)19)6-9(11)7-15/h4-6,8H,1-3H3. The van der Waals surface area contributed by atoms with Gasteiger partial charge in [0.2, 0.25) is 0 Å². The summed E-state index contributed by atoms with van der Waals surface area (Å²) in [7, 11) is 0. The summed E-state index contributed by atoms with van der Waals surface area (Å²) >= 11 is 2.93. The summed E-state index contributed by atoms with van der Waals surface area (Å²) in [6, 6.07) is 6.29. The third kappa shape index (κ3) is 3.60. The first-order chi connectivity index (χ1) is 9.81. The van der Waals surface area contributed by atoms with Crippen molar-refractivity contribution in [3.05, 3.63) is 45.0 Å². The van der Waals surface area contributed by atoms with Gasteiger partial charge < -0.3 is 0 Å². The second-order valence-corrected chi connectivity index (χ2v) is 7.71. The number of nitriles is 1. The van der Waals surface area contributed by atoms with E-state index in [0.717, 1.165) is 9.22 Å². The van der Waals surface area contributed by atoms with Crippen LogP contribution < -0.4 is 0 Å². The zero-order valence-electron chi connectivity index (χ0n) is 11.8. The van der Waals surface area contributed by atoms with E-state index in [0.29, 0.717) is 10.5 Å². The zero-order chi connectivity index (χ0) is 15.6. The lowest BCUT2D eigenvalue weighted by molar-refractivity contribution is -0.384. The molecule has 0 aliphatic heterocycles. The van der Waals surface area contributed by atoms with Gasteiger partial charge in [0.05, 0.1) is 10.5 Å². The largest absolute Gasteiger partial charge is 0.270 e. The minimum atomic E-state index is -0.504. The summed E-state index contributed by atoms with van der Waals surface area (Å²) in [5.41, 5.74) is 0.247. The first kappa shape index (κ1) is 15.5. The second kappa shape index (κ2) is 5.84. The van der Waals surface area contributed by atoms with Crippen molar-refractivity contribution < 1.29 is 4.92 Å². The highest BCUT2D eigenvalue weighted by atomic mass is 32.2. The Morgan fingerprint density at radius 3 is 2.67 bits per heavy atom. The molecule has 21 heavy (non-hydrogen) atoms. The van der Waals surface area contributed by atoms with Crippen molar-refractivity contribution in [2.75, 3.05) is 0 Å². The van der Waals surface area contributed by atoms with E-state index in [2.05, 4.69) is 25.8 Å². The van der Waals surface area contributed by atoms with Gasteiger partial charge in [0.25, 0.3) is 5.69 Å². The number of benzene rings is 1. The van der Waals surface area contributed by atoms with Gasteiger partial charge in [0.1, 0.15) is 6.07 Å². The minimum absolute atomic E-state index is 0.0318. The van der Waals surface area contributed by atoms with Crippen LogP contribution in [0.4, 0.5) is 5.69 Å². The Morgan fingerprint density at radius 1 is 1.43 bits per heavy atom. The quantitative estimate of drug-likeness (QED) is 0.620. The van der Waals surface area contributed by atoms with E-state index in [1.807, 2.05) is 12.3 Å². The lowest BCUT2D eigenvalue weighted by atomic mass is 9.96. The van der Waals surface area contributed by atoms with Gasteiger partial charge >= 0.3 is 0 Å². The number of nitrogens with zero attached hydrogens (tertiary/aromatic N) is 3. The maximum atomic E-state index is 10.7. The summed E-state index contributed by atoms with van der Waals surface area (Å²) in [4.78, 5) is 16.4. The highest BCUT2D eigenvalue weighted by Gasteiger charge is 2.18. The van der Waals surface area contributed by atoms with Crippen molar-refractivity contribution in [2.45, 2.75) is 35.4 Å². The predicted molar refractivity (Wildman–Crippen MR) is 82.7 cm³/mol. The lowest BCUT2D eigenvalue weighted by Gasteiger charge is -2.14. The molecule has 2 aromatic rings. The van der Waals surface area contributed by atoms with Gasteiger partial charge in [-0.25, -0.2) is 4.98 Å². The molecule has 2 rings (SSSR count). The van der Waals surface area contributed by atoms with Crippen LogP contribution in [-0.2, 0) is 5.41 Å². The molecule has 1 heterocycles. The third-order valence-electron chi connectivity index (χ3n) is 2.72. The Bertz CT molecular complexity index is 727. The first-order valence-corrected chi connectivity index (χ1v) is 7.77. The van der Waals surface area contributed by atoms with E-state index in [9.17, 15) is 10.1 Å². The third-order valence-corrected chi connectivity index (χ3v) is 5.29. The highest BCUT2D eigenvalue weighted by molar-refractivity contribution is 8.01. The molecule has 0 amide bonds. The van der Waals surface area contributed by atoms with Crippen molar-refractivity contribution in [1.82, 2.24) is 4.98 Å². The molecule has 0 aliphatic carbocycles. The SMILES string of the molecule is CC(C)(C)c1cnc(Sc2ccc([N+](=O)[O-])cc2C#N)s1. The predicted octanol–water partition coefficient (Wildman–Crippen LogP) is 4.37. The van der Waals surface area contributed by atoms with E-state index in [1.54, 1.807) is 17.4 Å². The molecule has 0 saturated heterocycles. The molecule has 0 atom stereocenters. The molecular weight excluding hydrogens is 306 g/mol. The van der Waals surface area contributed by atoms with Crippen molar-refractivity contribution >= 4 is 28.8 Å². The Hall–Kier alpha value is -1.91. The average Bonchev–Trinajstić information content (AvgIpc) is 2.87. The van der Waals surface area contributed by atoms with E-state index >= 15 is 0 Å². The topological polar surface area (TPSA) is 79.8 Å². The van der Waals surface area contributed by atoms with Gasteiger partial charge in [-0.05, 0) is 11.5 Å². The van der Waals surface area contributed by atoms with Crippen molar-refractivity contribution in [3.8, 4) is 6.07 Å². The number of nitro groups is 1. The Balaban J connectivity index is 2.30. The molecule has 0 fully saturated rings. The van der Waals surface area contributed by atoms with Gasteiger partial charge in [0.15, 0.2) is 4.34 Å². The molecular formula is C14H13N3O2S2. The van der Waals surface area contributed by atoms with Gasteiger partial charge in [-0.2, -0.15) is 5.26 Å². The Morgan fingerprint density at radius 2 is 2.14 bits per heavy atom. The molecule has 0 radical (unpaired) electrons. The van der Waals surface area contributed by atoms with Crippen LogP contribution in [0.25, 0.3) is 0 Å². The lowest BCUT2D eigenvalue weighted by Crippen LogP contribution is -2.07. The van der Waals surface area contributed by atoms with E-state index in [1.165, 1.54) is 23.9 Å².